The van der Waals surface area contributed by atoms with Gasteiger partial charge in [-0.2, -0.15) is 0 Å². The van der Waals surface area contributed by atoms with Gasteiger partial charge in [-0.3, -0.25) is 0 Å². The number of rotatable bonds is 8. The second-order valence-electron chi connectivity index (χ2n) is 18.0. The van der Waals surface area contributed by atoms with Crippen molar-refractivity contribution in [2.24, 2.45) is 0 Å². The second kappa shape index (κ2) is 17.1. The smallest absolute Gasteiger partial charge is 0.166 e. The van der Waals surface area contributed by atoms with Crippen molar-refractivity contribution in [3.63, 3.8) is 0 Å². The van der Waals surface area contributed by atoms with E-state index in [9.17, 15) is 0 Å². The summed E-state index contributed by atoms with van der Waals surface area (Å²) in [5, 5.41) is 4.39. The van der Waals surface area contributed by atoms with Crippen LogP contribution in [0.2, 0.25) is 0 Å². The summed E-state index contributed by atoms with van der Waals surface area (Å²) in [5.41, 5.74) is 12.6. The Labute approximate surface area is 414 Å². The summed E-state index contributed by atoms with van der Waals surface area (Å²) in [6, 6.07) is 65.7. The van der Waals surface area contributed by atoms with Gasteiger partial charge in [-0.05, 0) is 112 Å². The maximum Gasteiger partial charge on any atom is 0.166 e. The summed E-state index contributed by atoms with van der Waals surface area (Å²) >= 11 is 0. The van der Waals surface area contributed by atoms with E-state index in [1.165, 1.54) is 10.8 Å². The fraction of sp³-hybridized carbons (Fsp3) is 0.0656. The quantitative estimate of drug-likeness (QED) is 0.146. The highest BCUT2D eigenvalue weighted by Gasteiger charge is 2.23. The first-order chi connectivity index (χ1) is 35.3. The molecule has 11 heteroatoms. The highest BCUT2D eigenvalue weighted by molar-refractivity contribution is 6.12. The topological polar surface area (TPSA) is 126 Å². The molecule has 5 heterocycles. The van der Waals surface area contributed by atoms with Crippen molar-refractivity contribution >= 4 is 43.6 Å². The zero-order valence-corrected chi connectivity index (χ0v) is 39.8. The van der Waals surface area contributed by atoms with E-state index in [2.05, 4.69) is 146 Å². The van der Waals surface area contributed by atoms with Gasteiger partial charge in [-0.1, -0.05) is 115 Å². The lowest BCUT2D eigenvalue weighted by Crippen LogP contribution is -2.04. The molecule has 5 aromatic heterocycles. The van der Waals surface area contributed by atoms with E-state index in [1.54, 1.807) is 0 Å². The van der Waals surface area contributed by atoms with Gasteiger partial charge < -0.3 is 9.13 Å². The number of aryl methyl sites for hydroxylation is 4. The maximum absolute atomic E-state index is 5.35. The van der Waals surface area contributed by atoms with Crippen molar-refractivity contribution in [3.8, 4) is 79.4 Å². The maximum atomic E-state index is 5.35. The van der Waals surface area contributed by atoms with Crippen LogP contribution in [0.15, 0.2) is 188 Å². The van der Waals surface area contributed by atoms with Gasteiger partial charge in [0.1, 0.15) is 23.3 Å². The molecule has 0 aliphatic rings. The van der Waals surface area contributed by atoms with Gasteiger partial charge in [0.2, 0.25) is 0 Å². The molecule has 0 amide bonds. The molecule has 0 spiro atoms. The predicted molar refractivity (Wildman–Crippen MR) is 287 cm³/mol. The van der Waals surface area contributed by atoms with Gasteiger partial charge in [0.15, 0.2) is 29.1 Å². The minimum atomic E-state index is 0.537. The fourth-order valence-electron chi connectivity index (χ4n) is 10.1. The monoisotopic (exact) mass is 929 g/mol. The minimum Gasteiger partial charge on any atom is -0.309 e. The molecular formula is C61H43N11. The molecule has 342 valence electrons. The van der Waals surface area contributed by atoms with Crippen molar-refractivity contribution in [3.05, 3.63) is 211 Å². The number of aromatic nitrogens is 11. The van der Waals surface area contributed by atoms with E-state index in [0.717, 1.165) is 83.2 Å². The van der Waals surface area contributed by atoms with Crippen molar-refractivity contribution in [1.82, 2.24) is 54.0 Å². The molecule has 0 unspecified atom stereocenters. The van der Waals surface area contributed by atoms with Gasteiger partial charge in [0.25, 0.3) is 0 Å². The van der Waals surface area contributed by atoms with Crippen LogP contribution in [-0.4, -0.2) is 54.0 Å². The highest BCUT2D eigenvalue weighted by Crippen LogP contribution is 2.42. The van der Waals surface area contributed by atoms with Crippen molar-refractivity contribution < 1.29 is 0 Å². The van der Waals surface area contributed by atoms with Crippen LogP contribution in [0.3, 0.4) is 0 Å². The molecule has 8 aromatic carbocycles. The van der Waals surface area contributed by atoms with Crippen LogP contribution in [0.4, 0.5) is 0 Å². The Kier molecular flexibility index (Phi) is 10.1. The van der Waals surface area contributed by atoms with E-state index in [1.807, 2.05) is 88.4 Å². The lowest BCUT2D eigenvalue weighted by Gasteiger charge is -2.17. The van der Waals surface area contributed by atoms with Crippen LogP contribution >= 0.6 is 0 Å². The summed E-state index contributed by atoms with van der Waals surface area (Å²) < 4.78 is 4.67. The summed E-state index contributed by atoms with van der Waals surface area (Å²) in [7, 11) is 0. The molecule has 0 bridgehead atoms. The highest BCUT2D eigenvalue weighted by atomic mass is 15.1. The second-order valence-corrected chi connectivity index (χ2v) is 18.0. The number of benzene rings is 8. The summed E-state index contributed by atoms with van der Waals surface area (Å²) in [4.78, 5) is 43.8. The Morgan fingerprint density at radius 1 is 0.264 bits per heavy atom. The van der Waals surface area contributed by atoms with E-state index in [-0.39, 0.29) is 0 Å². The molecule has 0 fully saturated rings. The van der Waals surface area contributed by atoms with E-state index in [4.69, 9.17) is 34.9 Å². The molecule has 72 heavy (non-hydrogen) atoms. The lowest BCUT2D eigenvalue weighted by molar-refractivity contribution is 0.928. The Bertz CT molecular complexity index is 4050. The molecule has 13 aromatic rings. The predicted octanol–water partition coefficient (Wildman–Crippen LogP) is 13.7. The first-order valence-corrected chi connectivity index (χ1v) is 23.9. The largest absolute Gasteiger partial charge is 0.309 e. The average Bonchev–Trinajstić information content (AvgIpc) is 3.92. The first-order valence-electron chi connectivity index (χ1n) is 23.9. The third kappa shape index (κ3) is 7.42. The van der Waals surface area contributed by atoms with E-state index >= 15 is 0 Å². The van der Waals surface area contributed by atoms with E-state index in [0.29, 0.717) is 52.4 Å². The summed E-state index contributed by atoms with van der Waals surface area (Å²) in [6.45, 7) is 7.58. The Morgan fingerprint density at radius 2 is 0.694 bits per heavy atom. The fourth-order valence-corrected chi connectivity index (χ4v) is 10.1. The van der Waals surface area contributed by atoms with Crippen LogP contribution in [0.25, 0.3) is 123 Å². The molecule has 0 aliphatic carbocycles. The molecule has 0 radical (unpaired) electrons. The van der Waals surface area contributed by atoms with Crippen molar-refractivity contribution in [2.45, 2.75) is 27.7 Å². The molecular weight excluding hydrogens is 887 g/mol. The Balaban J connectivity index is 1.10. The van der Waals surface area contributed by atoms with Crippen LogP contribution < -0.4 is 0 Å². The van der Waals surface area contributed by atoms with Crippen LogP contribution in [-0.2, 0) is 0 Å². The number of para-hydroxylation sites is 2. The zero-order valence-electron chi connectivity index (χ0n) is 39.8. The van der Waals surface area contributed by atoms with Crippen molar-refractivity contribution in [1.29, 1.82) is 0 Å². The molecule has 0 N–H and O–H groups in total. The van der Waals surface area contributed by atoms with E-state index < -0.39 is 0 Å². The molecule has 0 aliphatic heterocycles. The van der Waals surface area contributed by atoms with Crippen molar-refractivity contribution in [2.75, 3.05) is 0 Å². The molecule has 11 nitrogen and oxygen atoms in total. The van der Waals surface area contributed by atoms with Gasteiger partial charge in [0.05, 0.1) is 27.8 Å². The number of fused-ring (bicyclic) bond motifs is 6. The molecule has 0 saturated carbocycles. The third-order valence-electron chi connectivity index (χ3n) is 13.2. The Morgan fingerprint density at radius 3 is 1.26 bits per heavy atom. The third-order valence-corrected chi connectivity index (χ3v) is 13.2. The number of nitrogens with zero attached hydrogens (tertiary/aromatic N) is 11. The van der Waals surface area contributed by atoms with Gasteiger partial charge in [-0.15, -0.1) is 0 Å². The lowest BCUT2D eigenvalue weighted by atomic mass is 9.99. The number of hydrogen-bond donors (Lipinski definition) is 0. The normalized spacial score (nSPS) is 11.6. The number of hydrogen-bond acceptors (Lipinski definition) is 9. The zero-order chi connectivity index (χ0) is 48.5. The molecule has 0 atom stereocenters. The summed E-state index contributed by atoms with van der Waals surface area (Å²) in [5.74, 6) is 5.57. The van der Waals surface area contributed by atoms with Crippen LogP contribution in [0.5, 0.6) is 0 Å². The summed E-state index contributed by atoms with van der Waals surface area (Å²) in [6.07, 6.45) is 0. The Hall–Kier alpha value is -9.61. The van der Waals surface area contributed by atoms with Crippen LogP contribution in [0, 0.1) is 27.7 Å². The molecule has 0 saturated heterocycles. The SMILES string of the molecule is Cc1nc(C)nc(-c2ccc3c(c2)c2cc(-c4nc(C)nc(C)n4)ccc2n3-c2ccc(-c3ccc4c5ccccc5n(-c5ccccc5)c4c3)cc2-c2nc(-c3ccccc3)nc(-c3ccccc3)n2)n1. The minimum absolute atomic E-state index is 0.537. The van der Waals surface area contributed by atoms with Gasteiger partial charge in [0, 0.05) is 55.0 Å². The first kappa shape index (κ1) is 42.5. The van der Waals surface area contributed by atoms with Gasteiger partial charge in [-0.25, -0.2) is 44.9 Å². The van der Waals surface area contributed by atoms with Gasteiger partial charge >= 0.3 is 0 Å². The molecule has 13 rings (SSSR count). The van der Waals surface area contributed by atoms with Crippen LogP contribution in [0.1, 0.15) is 23.3 Å². The average molecular weight is 930 g/mol. The standard InChI is InChI=1S/C61H43N11/c1-36-62-37(2)65-59(64-36)44-26-30-53-49(33-44)50-34-45(60-66-38(3)63-39(4)67-60)27-31-54(50)72(53)55-29-25-42(43-24-28-48-47-22-14-15-23-52(47)71(56(48)35-43)46-20-12-7-13-21-46)32-51(55)61-69-57(40-16-8-5-9-17-40)68-58(70-61)41-18-10-6-11-19-41/h5-35H,1-4H3.